The molecule has 0 spiro atoms. The average Bonchev–Trinajstić information content (AvgIpc) is 3.05. The number of carbonyl (C=O) groups is 1. The van der Waals surface area contributed by atoms with Crippen molar-refractivity contribution < 1.29 is 19.0 Å². The summed E-state index contributed by atoms with van der Waals surface area (Å²) in [5, 5.41) is 3.00. The van der Waals surface area contributed by atoms with Gasteiger partial charge in [-0.25, -0.2) is 0 Å². The van der Waals surface area contributed by atoms with Crippen LogP contribution in [0.3, 0.4) is 0 Å². The Bertz CT molecular complexity index is 1000. The van der Waals surface area contributed by atoms with E-state index in [-0.39, 0.29) is 5.91 Å². The number of nitrogens with one attached hydrogen (secondary N) is 1. The van der Waals surface area contributed by atoms with Gasteiger partial charge in [0.05, 0.1) is 26.9 Å². The highest BCUT2D eigenvalue weighted by Gasteiger charge is 2.17. The van der Waals surface area contributed by atoms with Gasteiger partial charge in [-0.3, -0.25) is 4.79 Å². The summed E-state index contributed by atoms with van der Waals surface area (Å²) in [6, 6.07) is 15.8. The quantitative estimate of drug-likeness (QED) is 0.609. The Morgan fingerprint density at radius 3 is 2.10 bits per heavy atom. The largest absolute Gasteiger partial charge is 0.493 e. The van der Waals surface area contributed by atoms with Crippen molar-refractivity contribution in [1.29, 1.82) is 0 Å². The molecule has 30 heavy (non-hydrogen) atoms. The van der Waals surface area contributed by atoms with Crippen LogP contribution in [0, 0.1) is 13.8 Å². The number of carbonyl (C=O) groups excluding carboxylic acids is 1. The van der Waals surface area contributed by atoms with Gasteiger partial charge in [0.2, 0.25) is 5.75 Å². The van der Waals surface area contributed by atoms with Crippen molar-refractivity contribution in [3.8, 4) is 17.2 Å². The van der Waals surface area contributed by atoms with Crippen LogP contribution in [0.1, 0.15) is 32.9 Å². The first-order chi connectivity index (χ1) is 14.5. The molecule has 0 atom stereocenters. The minimum absolute atomic E-state index is 0.115. The maximum absolute atomic E-state index is 12.9. The number of aryl methyl sites for hydroxylation is 1. The molecular weight excluding hydrogens is 380 g/mol. The van der Waals surface area contributed by atoms with Crippen LogP contribution in [0.4, 0.5) is 0 Å². The van der Waals surface area contributed by atoms with Gasteiger partial charge in [0.15, 0.2) is 11.5 Å². The summed E-state index contributed by atoms with van der Waals surface area (Å²) in [7, 11) is 4.70. The van der Waals surface area contributed by atoms with Crippen LogP contribution in [0.25, 0.3) is 0 Å². The Hall–Kier alpha value is -3.41. The maximum atomic E-state index is 12.9. The van der Waals surface area contributed by atoms with Crippen LogP contribution < -0.4 is 19.5 Å². The third kappa shape index (κ3) is 4.43. The number of aromatic nitrogens is 1. The average molecular weight is 408 g/mol. The molecule has 3 aromatic rings. The molecule has 0 bridgehead atoms. The zero-order valence-corrected chi connectivity index (χ0v) is 18.1. The van der Waals surface area contributed by atoms with Crippen LogP contribution in [-0.4, -0.2) is 31.8 Å². The first-order valence-corrected chi connectivity index (χ1v) is 9.76. The maximum Gasteiger partial charge on any atom is 0.253 e. The standard InChI is InChI=1S/C24H28N2O4/c1-16-11-20(17(2)26(16)15-18-9-7-6-8-10-18)24(27)25-14-19-12-21(28-3)23(30-5)22(13-19)29-4/h6-13H,14-15H2,1-5H3,(H,25,27). The molecule has 0 aliphatic rings. The monoisotopic (exact) mass is 408 g/mol. The molecular formula is C24H28N2O4. The molecule has 6 heteroatoms. The number of amides is 1. The van der Waals surface area contributed by atoms with Gasteiger partial charge in [0.25, 0.3) is 5.91 Å². The van der Waals surface area contributed by atoms with Crippen molar-refractivity contribution in [2.45, 2.75) is 26.9 Å². The molecule has 2 aromatic carbocycles. The van der Waals surface area contributed by atoms with Crippen molar-refractivity contribution in [2.24, 2.45) is 0 Å². The fourth-order valence-corrected chi connectivity index (χ4v) is 3.56. The summed E-state index contributed by atoms with van der Waals surface area (Å²) in [4.78, 5) is 12.9. The summed E-state index contributed by atoms with van der Waals surface area (Å²) in [5.74, 6) is 1.53. The SMILES string of the molecule is COc1cc(CNC(=O)c2cc(C)n(Cc3ccccc3)c2C)cc(OC)c1OC. The summed E-state index contributed by atoms with van der Waals surface area (Å²) >= 11 is 0. The minimum Gasteiger partial charge on any atom is -0.493 e. The van der Waals surface area contributed by atoms with Gasteiger partial charge in [-0.15, -0.1) is 0 Å². The Labute approximate surface area is 177 Å². The molecule has 0 saturated heterocycles. The van der Waals surface area contributed by atoms with Gasteiger partial charge in [0, 0.05) is 24.5 Å². The third-order valence-electron chi connectivity index (χ3n) is 5.18. The molecule has 3 rings (SSSR count). The summed E-state index contributed by atoms with van der Waals surface area (Å²) in [5.41, 5.74) is 4.73. The van der Waals surface area contributed by atoms with Gasteiger partial charge < -0.3 is 24.1 Å². The van der Waals surface area contributed by atoms with Crippen LogP contribution in [-0.2, 0) is 13.1 Å². The van der Waals surface area contributed by atoms with E-state index in [2.05, 4.69) is 22.0 Å². The van der Waals surface area contributed by atoms with Crippen molar-refractivity contribution in [3.05, 3.63) is 76.6 Å². The number of rotatable bonds is 8. The lowest BCUT2D eigenvalue weighted by Crippen LogP contribution is -2.23. The highest BCUT2D eigenvalue weighted by atomic mass is 16.5. The zero-order valence-electron chi connectivity index (χ0n) is 18.1. The number of methoxy groups -OCH3 is 3. The topological polar surface area (TPSA) is 61.7 Å². The molecule has 1 amide bonds. The number of ether oxygens (including phenoxy) is 3. The molecule has 1 aromatic heterocycles. The fraction of sp³-hybridized carbons (Fsp3) is 0.292. The van der Waals surface area contributed by atoms with E-state index >= 15 is 0 Å². The normalized spacial score (nSPS) is 10.6. The van der Waals surface area contributed by atoms with Crippen molar-refractivity contribution in [2.75, 3.05) is 21.3 Å². The first-order valence-electron chi connectivity index (χ1n) is 9.76. The molecule has 6 nitrogen and oxygen atoms in total. The number of hydrogen-bond acceptors (Lipinski definition) is 4. The lowest BCUT2D eigenvalue weighted by Gasteiger charge is -2.14. The molecule has 0 radical (unpaired) electrons. The van der Waals surface area contributed by atoms with E-state index in [1.165, 1.54) is 5.56 Å². The highest BCUT2D eigenvalue weighted by Crippen LogP contribution is 2.38. The van der Waals surface area contributed by atoms with E-state index in [0.717, 1.165) is 23.5 Å². The Morgan fingerprint density at radius 2 is 1.53 bits per heavy atom. The van der Waals surface area contributed by atoms with Gasteiger partial charge in [-0.1, -0.05) is 30.3 Å². The molecule has 158 valence electrons. The van der Waals surface area contributed by atoms with Crippen LogP contribution in [0.2, 0.25) is 0 Å². The highest BCUT2D eigenvalue weighted by molar-refractivity contribution is 5.95. The molecule has 0 fully saturated rings. The Morgan fingerprint density at radius 1 is 0.900 bits per heavy atom. The van der Waals surface area contributed by atoms with E-state index in [4.69, 9.17) is 14.2 Å². The van der Waals surface area contributed by atoms with Gasteiger partial charge in [-0.05, 0) is 43.2 Å². The van der Waals surface area contributed by atoms with E-state index in [1.807, 2.05) is 50.2 Å². The molecule has 0 saturated carbocycles. The third-order valence-corrected chi connectivity index (χ3v) is 5.18. The van der Waals surface area contributed by atoms with E-state index < -0.39 is 0 Å². The van der Waals surface area contributed by atoms with E-state index in [0.29, 0.717) is 29.4 Å². The second kappa shape index (κ2) is 9.39. The molecule has 0 unspecified atom stereocenters. The number of hydrogen-bond donors (Lipinski definition) is 1. The van der Waals surface area contributed by atoms with Crippen LogP contribution in [0.5, 0.6) is 17.2 Å². The first kappa shape index (κ1) is 21.3. The van der Waals surface area contributed by atoms with Crippen LogP contribution >= 0.6 is 0 Å². The summed E-state index contributed by atoms with van der Waals surface area (Å²) in [6.07, 6.45) is 0. The lowest BCUT2D eigenvalue weighted by molar-refractivity contribution is 0.0950. The summed E-state index contributed by atoms with van der Waals surface area (Å²) < 4.78 is 18.3. The van der Waals surface area contributed by atoms with E-state index in [1.54, 1.807) is 21.3 Å². The Balaban J connectivity index is 1.76. The molecule has 1 N–H and O–H groups in total. The summed E-state index contributed by atoms with van der Waals surface area (Å²) in [6.45, 7) is 5.08. The van der Waals surface area contributed by atoms with Crippen LogP contribution in [0.15, 0.2) is 48.5 Å². The van der Waals surface area contributed by atoms with Gasteiger partial charge in [-0.2, -0.15) is 0 Å². The number of benzene rings is 2. The van der Waals surface area contributed by atoms with Crippen molar-refractivity contribution >= 4 is 5.91 Å². The Kier molecular flexibility index (Phi) is 6.67. The van der Waals surface area contributed by atoms with Gasteiger partial charge in [0.1, 0.15) is 0 Å². The van der Waals surface area contributed by atoms with Crippen molar-refractivity contribution in [1.82, 2.24) is 9.88 Å². The minimum atomic E-state index is -0.115. The second-order valence-corrected chi connectivity index (χ2v) is 7.07. The van der Waals surface area contributed by atoms with Crippen molar-refractivity contribution in [3.63, 3.8) is 0 Å². The molecule has 1 heterocycles. The predicted octanol–water partition coefficient (Wildman–Crippen LogP) is 4.11. The van der Waals surface area contributed by atoms with Gasteiger partial charge >= 0.3 is 0 Å². The fourth-order valence-electron chi connectivity index (χ4n) is 3.56. The zero-order chi connectivity index (χ0) is 21.7. The second-order valence-electron chi connectivity index (χ2n) is 7.07. The molecule has 0 aliphatic heterocycles. The predicted molar refractivity (Wildman–Crippen MR) is 117 cm³/mol. The van der Waals surface area contributed by atoms with E-state index in [9.17, 15) is 4.79 Å². The molecule has 0 aliphatic carbocycles. The smallest absolute Gasteiger partial charge is 0.253 e. The number of nitrogens with zero attached hydrogens (tertiary/aromatic N) is 1. The lowest BCUT2D eigenvalue weighted by atomic mass is 10.1.